The molecule has 0 amide bonds. The molecule has 2 aliphatic heterocycles. The average molecular weight is 357 g/mol. The van der Waals surface area contributed by atoms with E-state index in [1.165, 1.54) is 18.0 Å². The largest absolute Gasteiger partial charge is 0.464 e. The number of esters is 1. The van der Waals surface area contributed by atoms with Crippen molar-refractivity contribution in [2.24, 2.45) is 0 Å². The van der Waals surface area contributed by atoms with Gasteiger partial charge < -0.3 is 33.8 Å². The Morgan fingerprint density at radius 3 is 2.68 bits per heavy atom. The van der Waals surface area contributed by atoms with Crippen molar-refractivity contribution in [1.29, 1.82) is 0 Å². The first-order valence-corrected chi connectivity index (χ1v) is 7.59. The summed E-state index contributed by atoms with van der Waals surface area (Å²) < 4.78 is 28.4. The SMILES string of the molecule is COC(=O)c1ncn(C[C@H]2O[C@@H](OC)C3OC(C)(C)O[C@H]32)c1[N+](=O)[O-]. The molecule has 2 fully saturated rings. The maximum atomic E-state index is 11.7. The first-order valence-electron chi connectivity index (χ1n) is 7.59. The molecule has 2 saturated heterocycles. The van der Waals surface area contributed by atoms with E-state index in [0.29, 0.717) is 0 Å². The van der Waals surface area contributed by atoms with Crippen LogP contribution in [0, 0.1) is 10.1 Å². The van der Waals surface area contributed by atoms with Gasteiger partial charge in [0, 0.05) is 7.11 Å². The van der Waals surface area contributed by atoms with Crippen LogP contribution in [0.25, 0.3) is 0 Å². The van der Waals surface area contributed by atoms with Crippen molar-refractivity contribution in [2.75, 3.05) is 14.2 Å². The first kappa shape index (κ1) is 17.7. The Bertz CT molecular complexity index is 688. The highest BCUT2D eigenvalue weighted by Crippen LogP contribution is 2.39. The van der Waals surface area contributed by atoms with Crippen LogP contribution in [0.3, 0.4) is 0 Å². The summed E-state index contributed by atoms with van der Waals surface area (Å²) in [6, 6.07) is 0. The fraction of sp³-hybridized carbons (Fsp3) is 0.714. The third-order valence-corrected chi connectivity index (χ3v) is 4.08. The van der Waals surface area contributed by atoms with Crippen LogP contribution in [0.2, 0.25) is 0 Å². The Balaban J connectivity index is 1.86. The summed E-state index contributed by atoms with van der Waals surface area (Å²) in [7, 11) is 2.61. The highest BCUT2D eigenvalue weighted by atomic mass is 16.8. The molecule has 3 heterocycles. The van der Waals surface area contributed by atoms with E-state index in [1.54, 1.807) is 13.8 Å². The van der Waals surface area contributed by atoms with E-state index in [0.717, 1.165) is 7.11 Å². The van der Waals surface area contributed by atoms with Crippen molar-refractivity contribution in [2.45, 2.75) is 50.8 Å². The minimum absolute atomic E-state index is 0.0424. The number of rotatable bonds is 5. The number of ether oxygens (including phenoxy) is 5. The van der Waals surface area contributed by atoms with Gasteiger partial charge in [-0.15, -0.1) is 0 Å². The number of carbonyl (C=O) groups excluding carboxylic acids is 1. The van der Waals surface area contributed by atoms with Crippen LogP contribution in [0.4, 0.5) is 5.82 Å². The van der Waals surface area contributed by atoms with Gasteiger partial charge in [-0.3, -0.25) is 0 Å². The van der Waals surface area contributed by atoms with Gasteiger partial charge in [-0.05, 0) is 18.8 Å². The molecule has 1 unspecified atom stereocenters. The fourth-order valence-electron chi connectivity index (χ4n) is 3.11. The molecule has 25 heavy (non-hydrogen) atoms. The molecule has 0 aromatic carbocycles. The molecule has 1 aromatic heterocycles. The second kappa shape index (κ2) is 6.33. The van der Waals surface area contributed by atoms with Crippen LogP contribution in [-0.2, 0) is 30.2 Å². The average Bonchev–Trinajstić information content (AvgIpc) is 3.18. The highest BCUT2D eigenvalue weighted by molar-refractivity contribution is 5.90. The van der Waals surface area contributed by atoms with Gasteiger partial charge in [0.05, 0.1) is 7.11 Å². The van der Waals surface area contributed by atoms with E-state index in [1.807, 2.05) is 0 Å². The molecule has 0 N–H and O–H groups in total. The number of hydrogen-bond acceptors (Lipinski definition) is 9. The molecule has 11 nitrogen and oxygen atoms in total. The van der Waals surface area contributed by atoms with E-state index in [4.69, 9.17) is 18.9 Å². The lowest BCUT2D eigenvalue weighted by atomic mass is 10.1. The highest BCUT2D eigenvalue weighted by Gasteiger charge is 2.56. The van der Waals surface area contributed by atoms with E-state index < -0.39 is 47.1 Å². The van der Waals surface area contributed by atoms with Gasteiger partial charge in [-0.1, -0.05) is 0 Å². The van der Waals surface area contributed by atoms with Gasteiger partial charge in [0.25, 0.3) is 0 Å². The maximum Gasteiger partial charge on any atom is 0.365 e. The summed E-state index contributed by atoms with van der Waals surface area (Å²) in [5.74, 6) is -2.16. The topological polar surface area (TPSA) is 124 Å². The maximum absolute atomic E-state index is 11.7. The Morgan fingerprint density at radius 2 is 2.08 bits per heavy atom. The van der Waals surface area contributed by atoms with Gasteiger partial charge in [0.2, 0.25) is 5.69 Å². The minimum Gasteiger partial charge on any atom is -0.464 e. The van der Waals surface area contributed by atoms with Crippen molar-refractivity contribution in [1.82, 2.24) is 9.55 Å². The number of imidazole rings is 1. The lowest BCUT2D eigenvalue weighted by molar-refractivity contribution is -0.392. The molecule has 0 radical (unpaired) electrons. The van der Waals surface area contributed by atoms with E-state index >= 15 is 0 Å². The van der Waals surface area contributed by atoms with Crippen molar-refractivity contribution in [3.63, 3.8) is 0 Å². The predicted octanol–water partition coefficient (Wildman–Crippen LogP) is 0.469. The van der Waals surface area contributed by atoms with Crippen LogP contribution in [0.15, 0.2) is 6.33 Å². The van der Waals surface area contributed by atoms with E-state index in [-0.39, 0.29) is 12.2 Å². The van der Waals surface area contributed by atoms with Crippen molar-refractivity contribution in [3.05, 3.63) is 22.1 Å². The fourth-order valence-corrected chi connectivity index (χ4v) is 3.11. The van der Waals surface area contributed by atoms with Crippen LogP contribution in [0.5, 0.6) is 0 Å². The molecule has 0 aliphatic carbocycles. The normalized spacial score (nSPS) is 30.2. The van der Waals surface area contributed by atoms with Crippen LogP contribution in [-0.4, -0.2) is 65.1 Å². The summed E-state index contributed by atoms with van der Waals surface area (Å²) in [6.07, 6.45) is -0.949. The molecule has 138 valence electrons. The molecular weight excluding hydrogens is 338 g/mol. The van der Waals surface area contributed by atoms with Crippen molar-refractivity contribution in [3.8, 4) is 0 Å². The standard InChI is InChI=1S/C14H19N3O8/c1-14(2)24-9-7(23-13(22-4)10(9)25-14)5-16-6-15-8(12(18)21-3)11(16)17(19)20/h6-7,9-10,13H,5H2,1-4H3/t7-,9+,10?,13-/m1/s1. The smallest absolute Gasteiger partial charge is 0.365 e. The van der Waals surface area contributed by atoms with Crippen LogP contribution < -0.4 is 0 Å². The van der Waals surface area contributed by atoms with Crippen LogP contribution >= 0.6 is 0 Å². The number of methoxy groups -OCH3 is 2. The summed E-state index contributed by atoms with van der Waals surface area (Å²) in [6.45, 7) is 3.58. The van der Waals surface area contributed by atoms with Crippen molar-refractivity contribution < 1.29 is 33.4 Å². The van der Waals surface area contributed by atoms with Gasteiger partial charge in [-0.25, -0.2) is 14.3 Å². The molecule has 0 saturated carbocycles. The monoisotopic (exact) mass is 357 g/mol. The second-order valence-electron chi connectivity index (χ2n) is 6.16. The number of nitro groups is 1. The number of carbonyl (C=O) groups is 1. The number of hydrogen-bond donors (Lipinski definition) is 0. The third kappa shape index (κ3) is 3.11. The zero-order chi connectivity index (χ0) is 18.4. The van der Waals surface area contributed by atoms with Crippen LogP contribution in [0.1, 0.15) is 24.3 Å². The van der Waals surface area contributed by atoms with Gasteiger partial charge in [0.15, 0.2) is 18.4 Å². The van der Waals surface area contributed by atoms with Gasteiger partial charge in [0.1, 0.15) is 24.9 Å². The van der Waals surface area contributed by atoms with Crippen molar-refractivity contribution >= 4 is 11.8 Å². The molecule has 2 aliphatic rings. The van der Waals surface area contributed by atoms with E-state index in [2.05, 4.69) is 9.72 Å². The minimum atomic E-state index is -0.882. The molecule has 4 atom stereocenters. The predicted molar refractivity (Wildman–Crippen MR) is 79.7 cm³/mol. The molecule has 3 rings (SSSR count). The molecule has 1 aromatic rings. The lowest BCUT2D eigenvalue weighted by Crippen LogP contribution is -2.33. The Kier molecular flexibility index (Phi) is 4.49. The second-order valence-corrected chi connectivity index (χ2v) is 6.16. The number of aromatic nitrogens is 2. The summed E-state index contributed by atoms with van der Waals surface area (Å²) in [4.78, 5) is 26.1. The van der Waals surface area contributed by atoms with Gasteiger partial charge >= 0.3 is 11.8 Å². The lowest BCUT2D eigenvalue weighted by Gasteiger charge is -2.23. The summed E-state index contributed by atoms with van der Waals surface area (Å²) in [5, 5.41) is 11.4. The molecule has 0 bridgehead atoms. The Hall–Kier alpha value is -2.08. The summed E-state index contributed by atoms with van der Waals surface area (Å²) >= 11 is 0. The Labute approximate surface area is 142 Å². The Morgan fingerprint density at radius 1 is 1.40 bits per heavy atom. The molecular formula is C14H19N3O8. The molecule has 0 spiro atoms. The summed E-state index contributed by atoms with van der Waals surface area (Å²) in [5.41, 5.74) is -0.366. The van der Waals surface area contributed by atoms with E-state index in [9.17, 15) is 14.9 Å². The first-order chi connectivity index (χ1) is 11.8. The molecule has 11 heteroatoms. The number of fused-ring (bicyclic) bond motifs is 1. The number of nitrogens with zero attached hydrogens (tertiary/aromatic N) is 3. The quantitative estimate of drug-likeness (QED) is 0.420. The zero-order valence-electron chi connectivity index (χ0n) is 14.2. The zero-order valence-corrected chi connectivity index (χ0v) is 14.2. The third-order valence-electron chi connectivity index (χ3n) is 4.08. The van der Waals surface area contributed by atoms with Gasteiger partial charge in [-0.2, -0.15) is 0 Å².